The summed E-state index contributed by atoms with van der Waals surface area (Å²) in [5.74, 6) is 0.0385. The second-order valence-electron chi connectivity index (χ2n) is 8.01. The van der Waals surface area contributed by atoms with Crippen molar-refractivity contribution in [2.75, 3.05) is 6.54 Å². The summed E-state index contributed by atoms with van der Waals surface area (Å²) in [6.45, 7) is 6.01. The van der Waals surface area contributed by atoms with Crippen LogP contribution in [0.5, 0.6) is 0 Å². The van der Waals surface area contributed by atoms with Gasteiger partial charge in [-0.1, -0.05) is 17.7 Å². The van der Waals surface area contributed by atoms with E-state index in [1.54, 1.807) is 11.0 Å². The highest BCUT2D eigenvalue weighted by Crippen LogP contribution is 2.35. The Morgan fingerprint density at radius 1 is 1.35 bits per heavy atom. The third-order valence-corrected chi connectivity index (χ3v) is 4.94. The number of nitrogens with zero attached hydrogens (tertiary/aromatic N) is 2. The highest BCUT2D eigenvalue weighted by molar-refractivity contribution is 6.29. The van der Waals surface area contributed by atoms with E-state index in [1.165, 1.54) is 0 Å². The lowest BCUT2D eigenvalue weighted by Crippen LogP contribution is -2.46. The summed E-state index contributed by atoms with van der Waals surface area (Å²) in [4.78, 5) is 30.7. The van der Waals surface area contributed by atoms with Crippen molar-refractivity contribution in [1.82, 2.24) is 15.2 Å². The first kappa shape index (κ1) is 19.0. The van der Waals surface area contributed by atoms with Gasteiger partial charge in [0.15, 0.2) is 0 Å². The van der Waals surface area contributed by atoms with Crippen molar-refractivity contribution in [3.8, 4) is 0 Å². The van der Waals surface area contributed by atoms with E-state index in [1.807, 2.05) is 26.8 Å². The molecule has 0 radical (unpaired) electrons. The molecule has 1 aromatic rings. The van der Waals surface area contributed by atoms with Crippen LogP contribution in [0.3, 0.4) is 0 Å². The van der Waals surface area contributed by atoms with E-state index in [0.717, 1.165) is 36.9 Å². The Labute approximate surface area is 159 Å². The maximum Gasteiger partial charge on any atom is 0.410 e. The zero-order valence-electron chi connectivity index (χ0n) is 15.5. The number of hydrogen-bond acceptors (Lipinski definition) is 4. The molecule has 0 spiro atoms. The number of carbonyl (C=O) groups excluding carboxylic acids is 2. The Morgan fingerprint density at radius 3 is 2.77 bits per heavy atom. The number of fused-ring (bicyclic) bond motifs is 1. The molecule has 26 heavy (non-hydrogen) atoms. The number of amides is 2. The van der Waals surface area contributed by atoms with Crippen molar-refractivity contribution < 1.29 is 14.3 Å². The van der Waals surface area contributed by atoms with Gasteiger partial charge in [-0.2, -0.15) is 0 Å². The molecule has 1 aromatic heterocycles. The first-order valence-electron chi connectivity index (χ1n) is 9.17. The molecular weight excluding hydrogens is 354 g/mol. The summed E-state index contributed by atoms with van der Waals surface area (Å²) in [6.07, 6.45) is 3.51. The quantitative estimate of drug-likeness (QED) is 0.814. The SMILES string of the molecule is CC(C)(C)OC(=O)N(C[C@@H]1CCC(=O)N1)[C@H]1CCCc2nc(Cl)ccc21. The highest BCUT2D eigenvalue weighted by Gasteiger charge is 2.35. The Balaban J connectivity index is 1.88. The smallest absolute Gasteiger partial charge is 0.410 e. The van der Waals surface area contributed by atoms with Gasteiger partial charge in [0.05, 0.1) is 6.04 Å². The average Bonchev–Trinajstić information content (AvgIpc) is 2.95. The van der Waals surface area contributed by atoms with Gasteiger partial charge in [-0.15, -0.1) is 0 Å². The molecule has 0 saturated carbocycles. The van der Waals surface area contributed by atoms with Crippen LogP contribution in [0.25, 0.3) is 0 Å². The molecule has 1 fully saturated rings. The van der Waals surface area contributed by atoms with Crippen LogP contribution >= 0.6 is 11.6 Å². The molecule has 0 bridgehead atoms. The van der Waals surface area contributed by atoms with Crippen molar-refractivity contribution >= 4 is 23.6 Å². The Bertz CT molecular complexity index is 702. The van der Waals surface area contributed by atoms with Gasteiger partial charge in [0.25, 0.3) is 0 Å². The van der Waals surface area contributed by atoms with Crippen LogP contribution in [0.15, 0.2) is 12.1 Å². The summed E-state index contributed by atoms with van der Waals surface area (Å²) in [7, 11) is 0. The molecule has 0 unspecified atom stereocenters. The molecule has 1 aliphatic heterocycles. The number of aromatic nitrogens is 1. The fourth-order valence-electron chi connectivity index (χ4n) is 3.63. The minimum atomic E-state index is -0.579. The van der Waals surface area contributed by atoms with Crippen LogP contribution in [-0.4, -0.2) is 40.1 Å². The standard InChI is InChI=1S/C19H26ClN3O3/c1-19(2,3)26-18(25)23(11-12-7-10-17(24)21-12)15-6-4-5-14-13(15)8-9-16(20)22-14/h8-9,12,15H,4-7,10-11H2,1-3H3,(H,21,24)/t12-,15-/m0/s1. The first-order valence-corrected chi connectivity index (χ1v) is 9.55. The summed E-state index contributed by atoms with van der Waals surface area (Å²) in [5.41, 5.74) is 1.39. The number of halogens is 1. The monoisotopic (exact) mass is 379 g/mol. The third kappa shape index (κ3) is 4.47. The summed E-state index contributed by atoms with van der Waals surface area (Å²) in [6, 6.07) is 3.57. The van der Waals surface area contributed by atoms with Gasteiger partial charge >= 0.3 is 6.09 Å². The summed E-state index contributed by atoms with van der Waals surface area (Å²) >= 11 is 6.04. The lowest BCUT2D eigenvalue weighted by Gasteiger charge is -2.37. The van der Waals surface area contributed by atoms with Crippen molar-refractivity contribution in [1.29, 1.82) is 0 Å². The normalized spacial score (nSPS) is 22.5. The van der Waals surface area contributed by atoms with Gasteiger partial charge in [0.2, 0.25) is 5.91 Å². The highest BCUT2D eigenvalue weighted by atomic mass is 35.5. The molecule has 3 rings (SSSR count). The van der Waals surface area contributed by atoms with E-state index >= 15 is 0 Å². The lowest BCUT2D eigenvalue weighted by atomic mass is 9.90. The van der Waals surface area contributed by atoms with Gasteiger partial charge in [-0.3, -0.25) is 9.69 Å². The zero-order chi connectivity index (χ0) is 18.9. The van der Waals surface area contributed by atoms with E-state index in [-0.39, 0.29) is 24.1 Å². The molecule has 2 aliphatic rings. The van der Waals surface area contributed by atoms with Crippen molar-refractivity contribution in [2.45, 2.75) is 70.6 Å². The molecule has 1 saturated heterocycles. The molecule has 142 valence electrons. The van der Waals surface area contributed by atoms with Crippen LogP contribution in [0.1, 0.15) is 63.8 Å². The van der Waals surface area contributed by atoms with E-state index in [9.17, 15) is 9.59 Å². The molecule has 2 heterocycles. The van der Waals surface area contributed by atoms with Gasteiger partial charge in [-0.25, -0.2) is 9.78 Å². The molecule has 1 N–H and O–H groups in total. The number of pyridine rings is 1. The fraction of sp³-hybridized carbons (Fsp3) is 0.632. The second-order valence-corrected chi connectivity index (χ2v) is 8.40. The molecular formula is C19H26ClN3O3. The molecule has 7 heteroatoms. The number of nitrogens with one attached hydrogen (secondary N) is 1. The van der Waals surface area contributed by atoms with Crippen LogP contribution in [0.2, 0.25) is 5.15 Å². The summed E-state index contributed by atoms with van der Waals surface area (Å²) < 4.78 is 5.66. The summed E-state index contributed by atoms with van der Waals surface area (Å²) in [5, 5.41) is 3.42. The van der Waals surface area contributed by atoms with Crippen LogP contribution < -0.4 is 5.32 Å². The third-order valence-electron chi connectivity index (χ3n) is 4.73. The number of aryl methyl sites for hydroxylation is 1. The van der Waals surface area contributed by atoms with Crippen molar-refractivity contribution in [3.05, 3.63) is 28.5 Å². The van der Waals surface area contributed by atoms with E-state index in [2.05, 4.69) is 10.3 Å². The van der Waals surface area contributed by atoms with Crippen molar-refractivity contribution in [2.24, 2.45) is 0 Å². The molecule has 2 atom stereocenters. The Morgan fingerprint density at radius 2 is 2.12 bits per heavy atom. The lowest BCUT2D eigenvalue weighted by molar-refractivity contribution is -0.119. The maximum absolute atomic E-state index is 12.9. The molecule has 2 amide bonds. The number of ether oxygens (including phenoxy) is 1. The van der Waals surface area contributed by atoms with E-state index < -0.39 is 5.60 Å². The molecule has 1 aliphatic carbocycles. The largest absolute Gasteiger partial charge is 0.444 e. The predicted octanol–water partition coefficient (Wildman–Crippen LogP) is 3.63. The maximum atomic E-state index is 12.9. The fourth-order valence-corrected chi connectivity index (χ4v) is 3.80. The van der Waals surface area contributed by atoms with Gasteiger partial charge in [0.1, 0.15) is 10.8 Å². The van der Waals surface area contributed by atoms with Gasteiger partial charge in [0, 0.05) is 24.7 Å². The molecule has 6 nitrogen and oxygen atoms in total. The Kier molecular flexibility index (Phi) is 5.42. The number of hydrogen-bond donors (Lipinski definition) is 1. The van der Waals surface area contributed by atoms with Crippen LogP contribution in [0.4, 0.5) is 4.79 Å². The topological polar surface area (TPSA) is 71.5 Å². The predicted molar refractivity (Wildman–Crippen MR) is 99.0 cm³/mol. The zero-order valence-corrected chi connectivity index (χ0v) is 16.3. The van der Waals surface area contributed by atoms with E-state index in [4.69, 9.17) is 16.3 Å². The first-order chi connectivity index (χ1) is 12.2. The van der Waals surface area contributed by atoms with Gasteiger partial charge in [-0.05, 0) is 58.1 Å². The van der Waals surface area contributed by atoms with Gasteiger partial charge < -0.3 is 10.1 Å². The van der Waals surface area contributed by atoms with Crippen molar-refractivity contribution in [3.63, 3.8) is 0 Å². The number of carbonyl (C=O) groups is 2. The number of rotatable bonds is 3. The van der Waals surface area contributed by atoms with Crippen LogP contribution in [0, 0.1) is 0 Å². The second kappa shape index (κ2) is 7.43. The Hall–Kier alpha value is -1.82. The average molecular weight is 380 g/mol. The van der Waals surface area contributed by atoms with E-state index in [0.29, 0.717) is 18.1 Å². The van der Waals surface area contributed by atoms with Crippen LogP contribution in [-0.2, 0) is 16.0 Å². The minimum absolute atomic E-state index is 0.0385. The minimum Gasteiger partial charge on any atom is -0.444 e. The molecule has 0 aromatic carbocycles.